The molecule has 0 amide bonds. The SMILES string of the molecule is CC(C)C1NCCc2cc(F)ccc21.Cl. The largest absolute Gasteiger partial charge is 0.309 e. The lowest BCUT2D eigenvalue weighted by Crippen LogP contribution is -2.33. The van der Waals surface area contributed by atoms with E-state index in [0.29, 0.717) is 12.0 Å². The number of hydrogen-bond donors (Lipinski definition) is 1. The van der Waals surface area contributed by atoms with E-state index >= 15 is 0 Å². The molecule has 1 aromatic rings. The molecule has 1 aliphatic heterocycles. The van der Waals surface area contributed by atoms with Gasteiger partial charge in [0.2, 0.25) is 0 Å². The predicted octanol–water partition coefficient (Wildman–Crippen LogP) is 3.09. The van der Waals surface area contributed by atoms with Gasteiger partial charge in [0.05, 0.1) is 0 Å². The molecular formula is C12H17ClFN. The van der Waals surface area contributed by atoms with Crippen LogP contribution in [0.4, 0.5) is 4.39 Å². The van der Waals surface area contributed by atoms with Crippen LogP contribution in [0.2, 0.25) is 0 Å². The van der Waals surface area contributed by atoms with E-state index in [2.05, 4.69) is 19.2 Å². The molecule has 15 heavy (non-hydrogen) atoms. The molecule has 1 unspecified atom stereocenters. The highest BCUT2D eigenvalue weighted by Crippen LogP contribution is 2.28. The molecule has 0 radical (unpaired) electrons. The predicted molar refractivity (Wildman–Crippen MR) is 62.9 cm³/mol. The molecule has 3 heteroatoms. The average Bonchev–Trinajstić information content (AvgIpc) is 2.16. The molecule has 0 aliphatic carbocycles. The van der Waals surface area contributed by atoms with Crippen LogP contribution < -0.4 is 5.32 Å². The first kappa shape index (κ1) is 12.5. The van der Waals surface area contributed by atoms with Crippen molar-refractivity contribution in [1.29, 1.82) is 0 Å². The first-order valence-corrected chi connectivity index (χ1v) is 5.20. The normalized spacial score (nSPS) is 19.6. The van der Waals surface area contributed by atoms with Gasteiger partial charge >= 0.3 is 0 Å². The van der Waals surface area contributed by atoms with Crippen molar-refractivity contribution in [3.05, 3.63) is 35.1 Å². The van der Waals surface area contributed by atoms with Crippen LogP contribution in [0.25, 0.3) is 0 Å². The number of nitrogens with one attached hydrogen (secondary N) is 1. The lowest BCUT2D eigenvalue weighted by molar-refractivity contribution is 0.394. The van der Waals surface area contributed by atoms with E-state index in [-0.39, 0.29) is 18.2 Å². The third-order valence-corrected chi connectivity index (χ3v) is 2.87. The van der Waals surface area contributed by atoms with Gasteiger partial charge in [-0.05, 0) is 42.1 Å². The second-order valence-corrected chi connectivity index (χ2v) is 4.27. The van der Waals surface area contributed by atoms with Crippen molar-refractivity contribution in [2.45, 2.75) is 26.3 Å². The molecule has 1 atom stereocenters. The number of rotatable bonds is 1. The van der Waals surface area contributed by atoms with Crippen LogP contribution in [-0.4, -0.2) is 6.54 Å². The Bertz CT molecular complexity index is 338. The van der Waals surface area contributed by atoms with Crippen molar-refractivity contribution in [3.8, 4) is 0 Å². The van der Waals surface area contributed by atoms with Crippen LogP contribution >= 0.6 is 12.4 Å². The quantitative estimate of drug-likeness (QED) is 0.781. The minimum atomic E-state index is -0.117. The zero-order chi connectivity index (χ0) is 10.1. The summed E-state index contributed by atoms with van der Waals surface area (Å²) in [6.07, 6.45) is 0.941. The molecule has 84 valence electrons. The van der Waals surface area contributed by atoms with Crippen molar-refractivity contribution < 1.29 is 4.39 Å². The molecule has 1 aliphatic rings. The van der Waals surface area contributed by atoms with Gasteiger partial charge in [0.25, 0.3) is 0 Å². The van der Waals surface area contributed by atoms with Crippen molar-refractivity contribution in [3.63, 3.8) is 0 Å². The standard InChI is InChI=1S/C12H16FN.ClH/c1-8(2)12-11-4-3-10(13)7-9(11)5-6-14-12;/h3-4,7-8,12,14H,5-6H2,1-2H3;1H. The molecule has 0 saturated carbocycles. The zero-order valence-electron chi connectivity index (χ0n) is 9.09. The van der Waals surface area contributed by atoms with Crippen LogP contribution in [0.5, 0.6) is 0 Å². The maximum atomic E-state index is 13.0. The first-order chi connectivity index (χ1) is 6.68. The molecule has 0 fully saturated rings. The zero-order valence-corrected chi connectivity index (χ0v) is 9.90. The molecule has 0 bridgehead atoms. The van der Waals surface area contributed by atoms with Crippen LogP contribution in [0, 0.1) is 11.7 Å². The van der Waals surface area contributed by atoms with Crippen LogP contribution in [0.3, 0.4) is 0 Å². The highest BCUT2D eigenvalue weighted by molar-refractivity contribution is 5.85. The molecule has 0 saturated heterocycles. The second-order valence-electron chi connectivity index (χ2n) is 4.27. The van der Waals surface area contributed by atoms with Gasteiger partial charge < -0.3 is 5.32 Å². The molecular weight excluding hydrogens is 213 g/mol. The molecule has 1 N–H and O–H groups in total. The van der Waals surface area contributed by atoms with Gasteiger partial charge in [0, 0.05) is 6.04 Å². The van der Waals surface area contributed by atoms with Gasteiger partial charge in [-0.1, -0.05) is 19.9 Å². The first-order valence-electron chi connectivity index (χ1n) is 5.20. The summed E-state index contributed by atoms with van der Waals surface area (Å²) in [6.45, 7) is 5.34. The topological polar surface area (TPSA) is 12.0 Å². The number of fused-ring (bicyclic) bond motifs is 1. The Morgan fingerprint density at radius 2 is 2.13 bits per heavy atom. The maximum absolute atomic E-state index is 13.0. The van der Waals surface area contributed by atoms with Gasteiger partial charge in [-0.25, -0.2) is 4.39 Å². The summed E-state index contributed by atoms with van der Waals surface area (Å²) < 4.78 is 13.0. The minimum Gasteiger partial charge on any atom is -0.309 e. The van der Waals surface area contributed by atoms with Gasteiger partial charge in [-0.2, -0.15) is 0 Å². The number of benzene rings is 1. The van der Waals surface area contributed by atoms with Crippen LogP contribution in [-0.2, 0) is 6.42 Å². The molecule has 2 rings (SSSR count). The third-order valence-electron chi connectivity index (χ3n) is 2.87. The van der Waals surface area contributed by atoms with Crippen molar-refractivity contribution >= 4 is 12.4 Å². The Hall–Kier alpha value is -0.600. The number of hydrogen-bond acceptors (Lipinski definition) is 1. The lowest BCUT2D eigenvalue weighted by atomic mass is 9.88. The van der Waals surface area contributed by atoms with E-state index in [1.165, 1.54) is 11.1 Å². The van der Waals surface area contributed by atoms with Crippen LogP contribution in [0.1, 0.15) is 31.0 Å². The van der Waals surface area contributed by atoms with E-state index in [0.717, 1.165) is 13.0 Å². The highest BCUT2D eigenvalue weighted by atomic mass is 35.5. The fourth-order valence-electron chi connectivity index (χ4n) is 2.16. The Morgan fingerprint density at radius 3 is 2.80 bits per heavy atom. The Labute approximate surface area is 96.5 Å². The molecule has 1 heterocycles. The molecule has 1 aromatic carbocycles. The summed E-state index contributed by atoms with van der Waals surface area (Å²) >= 11 is 0. The monoisotopic (exact) mass is 229 g/mol. The van der Waals surface area contributed by atoms with Crippen molar-refractivity contribution in [1.82, 2.24) is 5.32 Å². The summed E-state index contributed by atoms with van der Waals surface area (Å²) in [6, 6.07) is 5.54. The van der Waals surface area contributed by atoms with E-state index in [9.17, 15) is 4.39 Å². The molecule has 1 nitrogen and oxygen atoms in total. The summed E-state index contributed by atoms with van der Waals surface area (Å²) in [5, 5.41) is 3.47. The minimum absolute atomic E-state index is 0. The second kappa shape index (κ2) is 4.95. The third kappa shape index (κ3) is 2.50. The molecule has 0 spiro atoms. The average molecular weight is 230 g/mol. The Morgan fingerprint density at radius 1 is 1.40 bits per heavy atom. The summed E-state index contributed by atoms with van der Waals surface area (Å²) in [7, 11) is 0. The summed E-state index contributed by atoms with van der Waals surface area (Å²) in [5.41, 5.74) is 2.44. The number of halogens is 2. The fraction of sp³-hybridized carbons (Fsp3) is 0.500. The van der Waals surface area contributed by atoms with E-state index in [1.54, 1.807) is 12.1 Å². The van der Waals surface area contributed by atoms with Crippen molar-refractivity contribution in [2.75, 3.05) is 6.54 Å². The van der Waals surface area contributed by atoms with Gasteiger partial charge in [0.1, 0.15) is 5.82 Å². The van der Waals surface area contributed by atoms with Gasteiger partial charge in [-0.3, -0.25) is 0 Å². The van der Waals surface area contributed by atoms with Crippen molar-refractivity contribution in [2.24, 2.45) is 5.92 Å². The lowest BCUT2D eigenvalue weighted by Gasteiger charge is -2.29. The highest BCUT2D eigenvalue weighted by Gasteiger charge is 2.22. The Kier molecular flexibility index (Phi) is 4.12. The summed E-state index contributed by atoms with van der Waals surface area (Å²) in [5.74, 6) is 0.438. The molecule has 0 aromatic heterocycles. The van der Waals surface area contributed by atoms with Crippen LogP contribution in [0.15, 0.2) is 18.2 Å². The fourth-order valence-corrected chi connectivity index (χ4v) is 2.16. The van der Waals surface area contributed by atoms with E-state index < -0.39 is 0 Å². The summed E-state index contributed by atoms with van der Waals surface area (Å²) in [4.78, 5) is 0. The van der Waals surface area contributed by atoms with Gasteiger partial charge in [0.15, 0.2) is 0 Å². The Balaban J connectivity index is 0.00000112. The van der Waals surface area contributed by atoms with E-state index in [1.807, 2.05) is 6.07 Å². The van der Waals surface area contributed by atoms with E-state index in [4.69, 9.17) is 0 Å². The smallest absolute Gasteiger partial charge is 0.123 e. The van der Waals surface area contributed by atoms with Gasteiger partial charge in [-0.15, -0.1) is 12.4 Å². The maximum Gasteiger partial charge on any atom is 0.123 e.